The number of hydrogen-bond acceptors (Lipinski definition) is 1. The molecule has 0 aliphatic rings. The topological polar surface area (TPSA) is 37.3 Å². The summed E-state index contributed by atoms with van der Waals surface area (Å²) in [5.74, 6) is -0.926. The minimum atomic E-state index is -0.926. The summed E-state index contributed by atoms with van der Waals surface area (Å²) in [6.07, 6.45) is 0. The molecule has 0 heterocycles. The molecule has 0 saturated carbocycles. The van der Waals surface area contributed by atoms with E-state index in [4.69, 9.17) is 0 Å². The molecule has 2 nitrogen and oxygen atoms in total. The summed E-state index contributed by atoms with van der Waals surface area (Å²) < 4.78 is 0. The molecule has 0 bridgehead atoms. The highest BCUT2D eigenvalue weighted by Gasteiger charge is 2.19. The second-order valence-electron chi connectivity index (χ2n) is 6.65. The number of hydrogen-bond donors (Lipinski definition) is 1. The van der Waals surface area contributed by atoms with Crippen molar-refractivity contribution in [1.82, 2.24) is 0 Å². The average Bonchev–Trinajstić information content (AvgIpc) is 2.62. The van der Waals surface area contributed by atoms with Gasteiger partial charge in [0.25, 0.3) is 0 Å². The second kappa shape index (κ2) is 7.40. The first-order valence-electron chi connectivity index (χ1n) is 8.64. The summed E-state index contributed by atoms with van der Waals surface area (Å²) in [6, 6.07) is 23.6. The fourth-order valence-electron chi connectivity index (χ4n) is 2.99. The third-order valence-electron chi connectivity index (χ3n) is 4.48. The molecule has 26 heavy (non-hydrogen) atoms. The molecule has 0 amide bonds. The molecule has 3 aromatic carbocycles. The van der Waals surface area contributed by atoms with E-state index in [9.17, 15) is 9.90 Å². The lowest BCUT2D eigenvalue weighted by atomic mass is 9.88. The largest absolute Gasteiger partial charge is 0.478 e. The summed E-state index contributed by atoms with van der Waals surface area (Å²) in [6.45, 7) is 6.04. The normalized spacial score (nSPS) is 10.4. The van der Waals surface area contributed by atoms with E-state index in [1.165, 1.54) is 0 Å². The van der Waals surface area contributed by atoms with Crippen molar-refractivity contribution < 1.29 is 9.90 Å². The van der Waals surface area contributed by atoms with E-state index >= 15 is 0 Å². The smallest absolute Gasteiger partial charge is 0.336 e. The summed E-state index contributed by atoms with van der Waals surface area (Å²) >= 11 is 0. The van der Waals surface area contributed by atoms with Gasteiger partial charge >= 0.3 is 5.97 Å². The van der Waals surface area contributed by atoms with Crippen molar-refractivity contribution in [1.29, 1.82) is 0 Å². The maximum absolute atomic E-state index is 12.2. The van der Waals surface area contributed by atoms with Crippen molar-refractivity contribution in [2.75, 3.05) is 0 Å². The Morgan fingerprint density at radius 3 is 1.19 bits per heavy atom. The van der Waals surface area contributed by atoms with Gasteiger partial charge in [-0.3, -0.25) is 0 Å². The summed E-state index contributed by atoms with van der Waals surface area (Å²) in [7, 11) is 0. The Hall–Kier alpha value is -3.13. The standard InChI is InChI=1S/C24H22O2/c1-16-4-10-19(11-5-16)22(20-12-6-17(2)7-13-20)23(24(25)26)21-14-8-18(3)9-15-21/h4-15H,1-3H3,(H,25,26). The molecule has 3 aromatic rings. The SMILES string of the molecule is Cc1ccc(C(C(=O)O)=C(c2ccc(C)cc2)c2ccc(C)cc2)cc1. The van der Waals surface area contributed by atoms with Crippen LogP contribution in [0.1, 0.15) is 33.4 Å². The van der Waals surface area contributed by atoms with E-state index in [1.54, 1.807) is 0 Å². The Morgan fingerprint density at radius 1 is 0.577 bits per heavy atom. The number of carboxylic acid groups (broad SMARTS) is 1. The predicted molar refractivity (Wildman–Crippen MR) is 107 cm³/mol. The van der Waals surface area contributed by atoms with Gasteiger partial charge in [0.15, 0.2) is 0 Å². The van der Waals surface area contributed by atoms with Gasteiger partial charge in [0, 0.05) is 5.57 Å². The Kier molecular flexibility index (Phi) is 5.04. The van der Waals surface area contributed by atoms with Crippen molar-refractivity contribution in [3.8, 4) is 0 Å². The highest BCUT2D eigenvalue weighted by atomic mass is 16.4. The molecule has 0 radical (unpaired) electrons. The molecule has 3 rings (SSSR count). The van der Waals surface area contributed by atoms with Crippen LogP contribution >= 0.6 is 0 Å². The lowest BCUT2D eigenvalue weighted by Crippen LogP contribution is -2.05. The van der Waals surface area contributed by atoms with Crippen LogP contribution in [-0.4, -0.2) is 11.1 Å². The maximum Gasteiger partial charge on any atom is 0.336 e. The van der Waals surface area contributed by atoms with Gasteiger partial charge in [0.2, 0.25) is 0 Å². The molecule has 0 atom stereocenters. The number of aryl methyl sites for hydroxylation is 3. The molecule has 0 fully saturated rings. The molecule has 1 N–H and O–H groups in total. The molecule has 0 aromatic heterocycles. The molecule has 130 valence electrons. The third-order valence-corrected chi connectivity index (χ3v) is 4.48. The van der Waals surface area contributed by atoms with E-state index in [2.05, 4.69) is 0 Å². The number of rotatable bonds is 4. The highest BCUT2D eigenvalue weighted by molar-refractivity contribution is 6.26. The number of carboxylic acids is 1. The third kappa shape index (κ3) is 3.75. The fraction of sp³-hybridized carbons (Fsp3) is 0.125. The van der Waals surface area contributed by atoms with Gasteiger partial charge in [-0.1, -0.05) is 89.5 Å². The van der Waals surface area contributed by atoms with Gasteiger partial charge in [-0.2, -0.15) is 0 Å². The average molecular weight is 342 g/mol. The minimum absolute atomic E-state index is 0.317. The molecular formula is C24H22O2. The number of carbonyl (C=O) groups is 1. The van der Waals surface area contributed by atoms with E-state index < -0.39 is 5.97 Å². The molecule has 0 saturated heterocycles. The highest BCUT2D eigenvalue weighted by Crippen LogP contribution is 2.33. The van der Waals surface area contributed by atoms with Crippen LogP contribution < -0.4 is 0 Å². The predicted octanol–water partition coefficient (Wildman–Crippen LogP) is 5.66. The lowest BCUT2D eigenvalue weighted by Gasteiger charge is -2.15. The van der Waals surface area contributed by atoms with Gasteiger partial charge in [-0.25, -0.2) is 4.79 Å². The maximum atomic E-state index is 12.2. The van der Waals surface area contributed by atoms with Crippen LogP contribution in [0, 0.1) is 20.8 Å². The summed E-state index contributed by atoms with van der Waals surface area (Å²) in [5, 5.41) is 10.0. The Bertz CT molecular complexity index is 897. The molecule has 2 heteroatoms. The second-order valence-corrected chi connectivity index (χ2v) is 6.65. The van der Waals surface area contributed by atoms with Gasteiger partial charge in [-0.05, 0) is 37.5 Å². The molecule has 0 aliphatic carbocycles. The van der Waals surface area contributed by atoms with E-state index in [1.807, 2.05) is 93.6 Å². The zero-order valence-corrected chi connectivity index (χ0v) is 15.3. The van der Waals surface area contributed by atoms with Crippen molar-refractivity contribution >= 4 is 17.1 Å². The zero-order valence-electron chi connectivity index (χ0n) is 15.3. The Labute approximate surface area is 154 Å². The van der Waals surface area contributed by atoms with Crippen molar-refractivity contribution in [2.45, 2.75) is 20.8 Å². The Balaban J connectivity index is 2.32. The summed E-state index contributed by atoms with van der Waals surface area (Å²) in [5.41, 5.74) is 6.95. The van der Waals surface area contributed by atoms with Crippen LogP contribution in [-0.2, 0) is 4.79 Å². The first-order valence-corrected chi connectivity index (χ1v) is 8.64. The van der Waals surface area contributed by atoms with Gasteiger partial charge in [0.1, 0.15) is 0 Å². The van der Waals surface area contributed by atoms with E-state index in [0.717, 1.165) is 33.4 Å². The van der Waals surface area contributed by atoms with Gasteiger partial charge in [-0.15, -0.1) is 0 Å². The monoisotopic (exact) mass is 342 g/mol. The van der Waals surface area contributed by atoms with E-state index in [0.29, 0.717) is 11.1 Å². The fourth-order valence-corrected chi connectivity index (χ4v) is 2.99. The van der Waals surface area contributed by atoms with Crippen molar-refractivity contribution in [3.63, 3.8) is 0 Å². The van der Waals surface area contributed by atoms with Crippen LogP contribution in [0.15, 0.2) is 72.8 Å². The van der Waals surface area contributed by atoms with E-state index in [-0.39, 0.29) is 0 Å². The summed E-state index contributed by atoms with van der Waals surface area (Å²) in [4.78, 5) is 12.2. The lowest BCUT2D eigenvalue weighted by molar-refractivity contribution is -0.130. The first kappa shape index (κ1) is 17.7. The van der Waals surface area contributed by atoms with Crippen LogP contribution in [0.3, 0.4) is 0 Å². The quantitative estimate of drug-likeness (QED) is 0.491. The molecular weight excluding hydrogens is 320 g/mol. The van der Waals surface area contributed by atoms with Crippen LogP contribution in [0.4, 0.5) is 0 Å². The van der Waals surface area contributed by atoms with Crippen molar-refractivity contribution in [2.24, 2.45) is 0 Å². The first-order chi connectivity index (χ1) is 12.5. The van der Waals surface area contributed by atoms with Crippen LogP contribution in [0.25, 0.3) is 11.1 Å². The number of aliphatic carboxylic acids is 1. The zero-order chi connectivity index (χ0) is 18.7. The number of benzene rings is 3. The molecule has 0 aliphatic heterocycles. The Morgan fingerprint density at radius 2 is 0.885 bits per heavy atom. The molecule has 0 spiro atoms. The van der Waals surface area contributed by atoms with Gasteiger partial charge in [0.05, 0.1) is 5.57 Å². The van der Waals surface area contributed by atoms with Crippen molar-refractivity contribution in [3.05, 3.63) is 106 Å². The van der Waals surface area contributed by atoms with Crippen LogP contribution in [0.2, 0.25) is 0 Å². The van der Waals surface area contributed by atoms with Crippen LogP contribution in [0.5, 0.6) is 0 Å². The molecule has 0 unspecified atom stereocenters. The minimum Gasteiger partial charge on any atom is -0.478 e. The van der Waals surface area contributed by atoms with Gasteiger partial charge < -0.3 is 5.11 Å².